The summed E-state index contributed by atoms with van der Waals surface area (Å²) in [6.45, 7) is 0. The van der Waals surface area contributed by atoms with Crippen molar-refractivity contribution in [3.63, 3.8) is 0 Å². The molecule has 1 atom stereocenters. The summed E-state index contributed by atoms with van der Waals surface area (Å²) in [5.74, 6) is 0.0922. The summed E-state index contributed by atoms with van der Waals surface area (Å²) in [6, 6.07) is 6.88. The van der Waals surface area contributed by atoms with E-state index in [0.717, 1.165) is 23.4 Å². The van der Waals surface area contributed by atoms with Crippen LogP contribution in [0.15, 0.2) is 55.4 Å². The molecule has 0 amide bonds. The van der Waals surface area contributed by atoms with E-state index in [4.69, 9.17) is 16.6 Å². The van der Waals surface area contributed by atoms with Crippen molar-refractivity contribution < 1.29 is 4.39 Å². The van der Waals surface area contributed by atoms with Crippen LogP contribution in [0.3, 0.4) is 0 Å². The quantitative estimate of drug-likeness (QED) is 0.340. The summed E-state index contributed by atoms with van der Waals surface area (Å²) < 4.78 is 20.2. The highest BCUT2D eigenvalue weighted by Crippen LogP contribution is 2.40. The first-order valence-electron chi connectivity index (χ1n) is 11.2. The molecule has 12 heteroatoms. The molecule has 176 valence electrons. The predicted octanol–water partition coefficient (Wildman–Crippen LogP) is 3.90. The fraction of sp³-hybridized carbons (Fsp3) is 0.261. The van der Waals surface area contributed by atoms with Gasteiger partial charge in [-0.3, -0.25) is 9.67 Å². The Kier molecular flexibility index (Phi) is 5.33. The molecule has 4 heterocycles. The molecule has 0 bridgehead atoms. The van der Waals surface area contributed by atoms with Gasteiger partial charge in [0.1, 0.15) is 6.33 Å². The number of hydrogen-bond acceptors (Lipinski definition) is 7. The van der Waals surface area contributed by atoms with Gasteiger partial charge in [-0.25, -0.2) is 9.07 Å². The number of aryl methyl sites for hydroxylation is 1. The third kappa shape index (κ3) is 4.08. The molecule has 0 N–H and O–H groups in total. The highest BCUT2D eigenvalue weighted by atomic mass is 35.5. The summed E-state index contributed by atoms with van der Waals surface area (Å²) in [5, 5.41) is 23.8. The molecule has 10 nitrogen and oxygen atoms in total. The Bertz CT molecular complexity index is 1470. The van der Waals surface area contributed by atoms with Crippen LogP contribution in [0, 0.1) is 11.7 Å². The first-order valence-corrected chi connectivity index (χ1v) is 11.5. The lowest BCUT2D eigenvalue weighted by molar-refractivity contribution is 0.455. The number of tetrazole rings is 1. The maximum Gasteiger partial charge on any atom is 0.151 e. The van der Waals surface area contributed by atoms with Gasteiger partial charge in [-0.2, -0.15) is 9.78 Å². The Labute approximate surface area is 204 Å². The summed E-state index contributed by atoms with van der Waals surface area (Å²) in [5.41, 5.74) is 4.00. The Morgan fingerprint density at radius 2 is 1.94 bits per heavy atom. The minimum absolute atomic E-state index is 0.0150. The number of halogens is 2. The predicted molar refractivity (Wildman–Crippen MR) is 125 cm³/mol. The second kappa shape index (κ2) is 8.66. The van der Waals surface area contributed by atoms with E-state index < -0.39 is 5.82 Å². The van der Waals surface area contributed by atoms with Crippen LogP contribution in [0.25, 0.3) is 28.1 Å². The fourth-order valence-corrected chi connectivity index (χ4v) is 4.41. The van der Waals surface area contributed by atoms with Gasteiger partial charge in [0.25, 0.3) is 0 Å². The lowest BCUT2D eigenvalue weighted by Crippen LogP contribution is -2.14. The highest BCUT2D eigenvalue weighted by molar-refractivity contribution is 6.31. The normalized spacial score (nSPS) is 14.4. The zero-order chi connectivity index (χ0) is 23.9. The second-order valence-electron chi connectivity index (χ2n) is 8.63. The smallest absolute Gasteiger partial charge is 0.151 e. The summed E-state index contributed by atoms with van der Waals surface area (Å²) >= 11 is 6.10. The molecule has 1 fully saturated rings. The van der Waals surface area contributed by atoms with Crippen molar-refractivity contribution >= 4 is 11.6 Å². The zero-order valence-corrected chi connectivity index (χ0v) is 19.5. The van der Waals surface area contributed by atoms with Crippen LogP contribution in [0.4, 0.5) is 4.39 Å². The third-order valence-electron chi connectivity index (χ3n) is 6.27. The molecule has 1 unspecified atom stereocenters. The van der Waals surface area contributed by atoms with Crippen molar-refractivity contribution in [2.24, 2.45) is 13.0 Å². The van der Waals surface area contributed by atoms with Crippen LogP contribution in [0.1, 0.15) is 31.0 Å². The average molecular weight is 491 g/mol. The topological polar surface area (TPSA) is 105 Å². The maximum absolute atomic E-state index is 15.1. The maximum atomic E-state index is 15.1. The molecule has 35 heavy (non-hydrogen) atoms. The Morgan fingerprint density at radius 3 is 2.63 bits per heavy atom. The van der Waals surface area contributed by atoms with Crippen molar-refractivity contribution in [1.82, 2.24) is 50.0 Å². The number of rotatable bonds is 7. The number of nitrogens with zero attached hydrogens (tertiary/aromatic N) is 10. The van der Waals surface area contributed by atoms with Gasteiger partial charge in [-0.05, 0) is 41.0 Å². The molecule has 0 radical (unpaired) electrons. The van der Waals surface area contributed by atoms with Gasteiger partial charge < -0.3 is 0 Å². The van der Waals surface area contributed by atoms with Gasteiger partial charge in [0.05, 0.1) is 40.5 Å². The van der Waals surface area contributed by atoms with E-state index in [0.29, 0.717) is 17.2 Å². The van der Waals surface area contributed by atoms with Gasteiger partial charge in [-0.15, -0.1) is 10.2 Å². The van der Waals surface area contributed by atoms with E-state index in [2.05, 4.69) is 30.9 Å². The molecule has 1 aromatic carbocycles. The van der Waals surface area contributed by atoms with Gasteiger partial charge in [0.15, 0.2) is 5.82 Å². The SMILES string of the molecule is Cn1nncc1-c1cnn(C(CC2CC2)c2ccc(-c3c(-n4cnnn4)ccc(Cl)c3F)cn2)c1. The van der Waals surface area contributed by atoms with E-state index in [9.17, 15) is 0 Å². The summed E-state index contributed by atoms with van der Waals surface area (Å²) in [7, 11) is 1.85. The molecule has 0 saturated heterocycles. The Balaban J connectivity index is 1.37. The number of aromatic nitrogens is 10. The molecule has 0 aliphatic heterocycles. The fourth-order valence-electron chi connectivity index (χ4n) is 4.25. The van der Waals surface area contributed by atoms with Crippen molar-refractivity contribution in [3.8, 4) is 28.1 Å². The minimum Gasteiger partial charge on any atom is -0.263 e. The van der Waals surface area contributed by atoms with Gasteiger partial charge in [0, 0.05) is 36.1 Å². The molecule has 6 rings (SSSR count). The largest absolute Gasteiger partial charge is 0.263 e. The van der Waals surface area contributed by atoms with E-state index in [-0.39, 0.29) is 16.6 Å². The average Bonchev–Trinajstić information content (AvgIpc) is 3.25. The highest BCUT2D eigenvalue weighted by Gasteiger charge is 2.29. The Morgan fingerprint density at radius 1 is 1.06 bits per heavy atom. The number of benzene rings is 1. The van der Waals surface area contributed by atoms with Gasteiger partial charge in [0.2, 0.25) is 0 Å². The second-order valence-corrected chi connectivity index (χ2v) is 9.04. The molecular formula is C23H20ClFN10. The van der Waals surface area contributed by atoms with Crippen molar-refractivity contribution in [1.29, 1.82) is 0 Å². The van der Waals surface area contributed by atoms with Crippen LogP contribution < -0.4 is 0 Å². The molecule has 1 aliphatic carbocycles. The summed E-state index contributed by atoms with van der Waals surface area (Å²) in [6.07, 6.45) is 11.9. The first kappa shape index (κ1) is 21.5. The monoisotopic (exact) mass is 490 g/mol. The van der Waals surface area contributed by atoms with E-state index in [1.165, 1.54) is 29.9 Å². The molecule has 1 saturated carbocycles. The van der Waals surface area contributed by atoms with E-state index in [1.807, 2.05) is 36.3 Å². The number of hydrogen-bond donors (Lipinski definition) is 0. The van der Waals surface area contributed by atoms with Crippen LogP contribution in [0.2, 0.25) is 5.02 Å². The van der Waals surface area contributed by atoms with Crippen LogP contribution in [-0.4, -0.2) is 50.0 Å². The van der Waals surface area contributed by atoms with Crippen molar-refractivity contribution in [2.75, 3.05) is 0 Å². The van der Waals surface area contributed by atoms with E-state index >= 15 is 4.39 Å². The van der Waals surface area contributed by atoms with Crippen LogP contribution in [0.5, 0.6) is 0 Å². The lowest BCUT2D eigenvalue weighted by Gasteiger charge is -2.18. The molecule has 1 aliphatic rings. The van der Waals surface area contributed by atoms with Crippen LogP contribution in [-0.2, 0) is 7.05 Å². The molecular weight excluding hydrogens is 471 g/mol. The molecule has 0 spiro atoms. The van der Waals surface area contributed by atoms with Gasteiger partial charge >= 0.3 is 0 Å². The standard InChI is InChI=1S/C23H20ClFN10/c1-33-21(11-27-31-33)16-10-29-34(12-16)20(8-14-2-3-14)18-6-4-15(9-26-18)22-19(35-13-28-30-32-35)7-5-17(24)23(22)25/h4-7,9-14,20H,2-3,8H2,1H3. The minimum atomic E-state index is -0.551. The molecule has 5 aromatic rings. The Hall–Kier alpha value is -3.99. The van der Waals surface area contributed by atoms with Crippen molar-refractivity contribution in [2.45, 2.75) is 25.3 Å². The first-order chi connectivity index (χ1) is 17.1. The zero-order valence-electron chi connectivity index (χ0n) is 18.7. The summed E-state index contributed by atoms with van der Waals surface area (Å²) in [4.78, 5) is 4.73. The lowest BCUT2D eigenvalue weighted by atomic mass is 10.0. The molecule has 4 aromatic heterocycles. The van der Waals surface area contributed by atoms with Crippen LogP contribution >= 0.6 is 11.6 Å². The van der Waals surface area contributed by atoms with Crippen molar-refractivity contribution in [3.05, 3.63) is 71.9 Å². The number of pyridine rings is 1. The third-order valence-corrected chi connectivity index (χ3v) is 6.56. The van der Waals surface area contributed by atoms with E-state index in [1.54, 1.807) is 23.1 Å². The van der Waals surface area contributed by atoms with Gasteiger partial charge in [-0.1, -0.05) is 35.7 Å².